The summed E-state index contributed by atoms with van der Waals surface area (Å²) in [5, 5.41) is 5.57. The van der Waals surface area contributed by atoms with Gasteiger partial charge in [-0.1, -0.05) is 117 Å². The van der Waals surface area contributed by atoms with E-state index in [2.05, 4.69) is 206 Å². The van der Waals surface area contributed by atoms with Crippen LogP contribution in [-0.4, -0.2) is 3.21 Å². The van der Waals surface area contributed by atoms with Crippen molar-refractivity contribution in [1.82, 2.24) is 0 Å². The van der Waals surface area contributed by atoms with Gasteiger partial charge in [-0.2, -0.15) is 6.08 Å². The molecule has 0 radical (unpaired) electrons. The molecule has 0 N–H and O–H groups in total. The van der Waals surface area contributed by atoms with Crippen molar-refractivity contribution in [1.29, 1.82) is 0 Å². The minimum Gasteiger partial charge on any atom is -0.273 e. The Balaban J connectivity index is 0.000000340. The fourth-order valence-electron chi connectivity index (χ4n) is 6.33. The number of halogens is 4. The molecule has 0 unspecified atom stereocenters. The van der Waals surface area contributed by atoms with Crippen LogP contribution < -0.4 is 0 Å². The third-order valence-corrected chi connectivity index (χ3v) is 11.5. The van der Waals surface area contributed by atoms with Gasteiger partial charge in [0.05, 0.1) is 0 Å². The van der Waals surface area contributed by atoms with E-state index in [1.807, 2.05) is 12.2 Å². The van der Waals surface area contributed by atoms with Crippen molar-refractivity contribution in [3.63, 3.8) is 0 Å². The van der Waals surface area contributed by atoms with Gasteiger partial charge in [-0.05, 0) is 21.7 Å². The number of benzene rings is 4. The van der Waals surface area contributed by atoms with Gasteiger partial charge in [-0.15, -0.1) is 71.0 Å². The van der Waals surface area contributed by atoms with E-state index in [4.69, 9.17) is 0 Å². The summed E-state index contributed by atoms with van der Waals surface area (Å²) in [5.41, 5.74) is 8.99. The molecule has 0 aromatic heterocycles. The Morgan fingerprint density at radius 1 is 0.558 bits per heavy atom. The fraction of sp³-hybridized carbons (Fsp3) is 0.362. The number of rotatable bonds is 2. The van der Waals surface area contributed by atoms with E-state index in [1.54, 1.807) is 0 Å². The largest absolute Gasteiger partial charge is 0.273 e. The van der Waals surface area contributed by atoms with Crippen LogP contribution in [-0.2, 0) is 45.9 Å². The summed E-state index contributed by atoms with van der Waals surface area (Å²) in [6, 6.07) is 29.2. The molecule has 1 aliphatic carbocycles. The van der Waals surface area contributed by atoms with Crippen LogP contribution in [0.3, 0.4) is 0 Å². The van der Waals surface area contributed by atoms with Gasteiger partial charge in [0.15, 0.2) is 0 Å². The van der Waals surface area contributed by atoms with Crippen molar-refractivity contribution in [2.75, 3.05) is 0 Å². The Labute approximate surface area is 359 Å². The van der Waals surface area contributed by atoms with Crippen LogP contribution >= 0.6 is 56.7 Å². The number of fused-ring (bicyclic) bond motifs is 3. The summed E-state index contributed by atoms with van der Waals surface area (Å²) in [6.45, 7) is 28.0. The van der Waals surface area contributed by atoms with Crippen molar-refractivity contribution in [3.8, 4) is 0 Å². The molecule has 1 aliphatic rings. The third-order valence-electron chi connectivity index (χ3n) is 9.06. The molecule has 0 aliphatic heterocycles. The normalized spacial score (nSPS) is 12.8. The first kappa shape index (κ1) is 46.7. The molecule has 0 saturated heterocycles. The van der Waals surface area contributed by atoms with E-state index >= 15 is 0 Å². The molecule has 6 rings (SSSR count). The first-order valence-corrected chi connectivity index (χ1v) is 20.4. The van der Waals surface area contributed by atoms with Crippen molar-refractivity contribution in [2.24, 2.45) is 0 Å². The van der Waals surface area contributed by atoms with Gasteiger partial charge in [-0.3, -0.25) is 6.08 Å². The van der Waals surface area contributed by atoms with E-state index in [-0.39, 0.29) is 46.5 Å². The van der Waals surface area contributed by atoms with Crippen LogP contribution in [0.15, 0.2) is 106 Å². The predicted molar refractivity (Wildman–Crippen MR) is 239 cm³/mol. The van der Waals surface area contributed by atoms with E-state index in [1.165, 1.54) is 82.4 Å². The predicted octanol–water partition coefficient (Wildman–Crippen LogP) is 15.4. The van der Waals surface area contributed by atoms with Crippen molar-refractivity contribution >= 4 is 81.4 Å². The summed E-state index contributed by atoms with van der Waals surface area (Å²) >= 11 is 8.34. The molecule has 52 heavy (non-hydrogen) atoms. The molecule has 0 spiro atoms. The minimum absolute atomic E-state index is 0. The van der Waals surface area contributed by atoms with Gasteiger partial charge in [0.1, 0.15) is 0 Å². The van der Waals surface area contributed by atoms with E-state index < -0.39 is 0 Å². The molecule has 0 saturated carbocycles. The minimum atomic E-state index is 0. The molecule has 0 nitrogen and oxygen atoms in total. The number of allylic oxidation sites excluding steroid dienone is 4. The average molecular weight is 943 g/mol. The molecule has 5 heteroatoms. The van der Waals surface area contributed by atoms with Crippen LogP contribution in [0.25, 0.3) is 21.5 Å². The standard InChI is InChI=1S/C29H41.C13H8Br2.C5H5.2ClH.Zr/c1-26(2,3)22-14-18-13-19-15-23(27(4,5)6)25(29(10,11)12)17-21(19)20(18)16-24(22)28(7,8)9;14-12-5-1-10(2-6-12)9-11-3-7-13(15)8-4-11;1-2-4-5-3-1;;;/h13-17H,1-12H3;1-8H;1-3H,4H2;2*1H;/q-1;;-1;;;+2. The van der Waals surface area contributed by atoms with E-state index in [0.29, 0.717) is 0 Å². The maximum Gasteiger partial charge on any atom is -0.0142 e. The first-order valence-electron chi connectivity index (χ1n) is 17.6. The Hall–Kier alpha value is -1.48. The second-order valence-corrected chi connectivity index (χ2v) is 20.6. The Kier molecular flexibility index (Phi) is 16.6. The maximum absolute atomic E-state index is 3.45. The SMILES string of the molecule is Brc1ccc([C](=[Zr+2])c2ccc(Br)cc2)cc1.CC(C)(C)c1cc2[cH-]c3cc(C(C)(C)C)c(C(C)(C)C)cc3c2cc1C(C)(C)C.Cl.Cl.[C-]1=CC=CC1. The second-order valence-electron chi connectivity index (χ2n) is 17.5. The number of hydrogen-bond acceptors (Lipinski definition) is 0. The van der Waals surface area contributed by atoms with Crippen LogP contribution in [0.4, 0.5) is 0 Å². The Morgan fingerprint density at radius 2 is 0.885 bits per heavy atom. The van der Waals surface area contributed by atoms with Crippen LogP contribution in [0.5, 0.6) is 0 Å². The molecule has 276 valence electrons. The summed E-state index contributed by atoms with van der Waals surface area (Å²) < 4.78 is 3.62. The van der Waals surface area contributed by atoms with Crippen molar-refractivity contribution in [2.45, 2.75) is 111 Å². The molecular weight excluding hydrogens is 886 g/mol. The molecule has 0 amide bonds. The van der Waals surface area contributed by atoms with Crippen LogP contribution in [0.1, 0.15) is 123 Å². The molecule has 0 bridgehead atoms. The third kappa shape index (κ3) is 12.0. The molecular formula is C47H56Br2Cl2Zr. The Morgan fingerprint density at radius 3 is 1.13 bits per heavy atom. The summed E-state index contributed by atoms with van der Waals surface area (Å²) in [4.78, 5) is 0. The van der Waals surface area contributed by atoms with Gasteiger partial charge in [0, 0.05) is 0 Å². The monoisotopic (exact) mass is 938 g/mol. The quantitative estimate of drug-likeness (QED) is 0.155. The van der Waals surface area contributed by atoms with Gasteiger partial charge in [-0.25, -0.2) is 12.2 Å². The summed E-state index contributed by atoms with van der Waals surface area (Å²) in [7, 11) is 0. The van der Waals surface area contributed by atoms with Crippen LogP contribution in [0.2, 0.25) is 0 Å². The smallest absolute Gasteiger partial charge is 0.0142 e. The topological polar surface area (TPSA) is 0 Å². The van der Waals surface area contributed by atoms with E-state index in [9.17, 15) is 0 Å². The van der Waals surface area contributed by atoms with Gasteiger partial charge in [0.25, 0.3) is 0 Å². The molecule has 0 heterocycles. The zero-order valence-corrected chi connectivity index (χ0v) is 40.3. The van der Waals surface area contributed by atoms with E-state index in [0.717, 1.165) is 15.4 Å². The van der Waals surface area contributed by atoms with Crippen molar-refractivity contribution < 1.29 is 24.2 Å². The van der Waals surface area contributed by atoms with Gasteiger partial charge >= 0.3 is 128 Å². The second kappa shape index (κ2) is 18.4. The molecule has 0 fully saturated rings. The van der Waals surface area contributed by atoms with Crippen LogP contribution in [0, 0.1) is 6.08 Å². The summed E-state index contributed by atoms with van der Waals surface area (Å²) in [6.07, 6.45) is 10.0. The number of hydrogen-bond donors (Lipinski definition) is 0. The maximum atomic E-state index is 3.45. The van der Waals surface area contributed by atoms with Gasteiger partial charge in [0.2, 0.25) is 0 Å². The fourth-order valence-corrected chi connectivity index (χ4v) is 7.68. The zero-order chi connectivity index (χ0) is 37.2. The average Bonchev–Trinajstić information content (AvgIpc) is 3.71. The first-order chi connectivity index (χ1) is 23.1. The molecule has 0 atom stereocenters. The summed E-state index contributed by atoms with van der Waals surface area (Å²) in [5.74, 6) is 0. The van der Waals surface area contributed by atoms with Crippen molar-refractivity contribution in [3.05, 3.63) is 145 Å². The zero-order valence-electron chi connectivity index (χ0n) is 33.0. The van der Waals surface area contributed by atoms with Gasteiger partial charge < -0.3 is 0 Å². The Bertz CT molecular complexity index is 1870. The molecule has 5 aromatic carbocycles. The molecule has 5 aromatic rings.